The van der Waals surface area contributed by atoms with Crippen LogP contribution >= 0.6 is 15.9 Å². The second-order valence-corrected chi connectivity index (χ2v) is 21.7. The Kier molecular flexibility index (Phi) is 17.6. The Morgan fingerprint density at radius 3 is 1.41 bits per heavy atom. The molecule has 4 fully saturated rings. The number of carbonyl (C=O) groups excluding carboxylic acids is 4. The Bertz CT molecular complexity index is 2610. The van der Waals surface area contributed by atoms with Crippen LogP contribution in [0.1, 0.15) is 129 Å². The van der Waals surface area contributed by atoms with Crippen LogP contribution in [0.3, 0.4) is 0 Å². The lowest BCUT2D eigenvalue weighted by atomic mass is 9.92. The summed E-state index contributed by atoms with van der Waals surface area (Å²) in [5, 5.41) is 13.5. The van der Waals surface area contributed by atoms with E-state index in [-0.39, 0.29) is 29.1 Å². The van der Waals surface area contributed by atoms with Gasteiger partial charge in [-0.2, -0.15) is 0 Å². The van der Waals surface area contributed by atoms with E-state index < -0.39 is 11.4 Å². The zero-order valence-corrected chi connectivity index (χ0v) is 44.6. The third-order valence-electron chi connectivity index (χ3n) is 13.7. The highest BCUT2D eigenvalue weighted by molar-refractivity contribution is 9.09. The van der Waals surface area contributed by atoms with Crippen LogP contribution in [-0.2, 0) is 19.1 Å². The number of nitrogens with zero attached hydrogens (tertiary/aromatic N) is 3. The minimum Gasteiger partial charge on any atom is -0.475 e. The highest BCUT2D eigenvalue weighted by Crippen LogP contribution is 2.41. The Hall–Kier alpha value is -5.76. The van der Waals surface area contributed by atoms with Crippen molar-refractivity contribution in [3.05, 3.63) is 116 Å². The number of hydrogen-bond donors (Lipinski definition) is 3. The molecule has 376 valence electrons. The molecule has 0 spiro atoms. The summed E-state index contributed by atoms with van der Waals surface area (Å²) in [5.41, 5.74) is 10.4. The van der Waals surface area contributed by atoms with Gasteiger partial charge < -0.3 is 19.3 Å². The van der Waals surface area contributed by atoms with Gasteiger partial charge in [-0.3, -0.25) is 39.3 Å². The lowest BCUT2D eigenvalue weighted by Crippen LogP contribution is -2.46. The molecule has 3 aromatic carbocycles. The van der Waals surface area contributed by atoms with Gasteiger partial charge in [0, 0.05) is 58.3 Å². The first-order chi connectivity index (χ1) is 33.1. The van der Waals surface area contributed by atoms with Crippen molar-refractivity contribution in [2.75, 3.05) is 19.0 Å². The molecule has 0 atom stereocenters. The van der Waals surface area contributed by atoms with E-state index >= 15 is 0 Å². The van der Waals surface area contributed by atoms with E-state index in [4.69, 9.17) is 4.74 Å². The quantitative estimate of drug-likeness (QED) is 0.0508. The number of Topliss-reactive ketones (excluding diaryl/α,β-unsaturated/α-hetero) is 1. The number of amides is 2. The van der Waals surface area contributed by atoms with Gasteiger partial charge in [0.2, 0.25) is 17.7 Å². The summed E-state index contributed by atoms with van der Waals surface area (Å²) in [5.74, 6) is 0.402. The van der Waals surface area contributed by atoms with Gasteiger partial charge in [0.15, 0.2) is 5.78 Å². The average molecular weight is 1020 g/mol. The molecule has 6 heterocycles. The van der Waals surface area contributed by atoms with Gasteiger partial charge in [0.05, 0.1) is 29.3 Å². The van der Waals surface area contributed by atoms with Gasteiger partial charge in [-0.1, -0.05) is 81.4 Å². The number of H-pyrrole nitrogens is 3. The monoisotopic (exact) mass is 1020 g/mol. The Balaban J connectivity index is 0.000000161. The van der Waals surface area contributed by atoms with Crippen molar-refractivity contribution in [2.45, 2.75) is 151 Å². The van der Waals surface area contributed by atoms with Crippen molar-refractivity contribution in [3.63, 3.8) is 0 Å². The fourth-order valence-electron chi connectivity index (χ4n) is 10.3. The van der Waals surface area contributed by atoms with Crippen molar-refractivity contribution in [3.8, 4) is 28.4 Å². The molecule has 4 bridgehead atoms. The zero-order chi connectivity index (χ0) is 51.1. The van der Waals surface area contributed by atoms with Crippen molar-refractivity contribution >= 4 is 39.5 Å². The lowest BCUT2D eigenvalue weighted by molar-refractivity contribution is -0.143. The molecule has 2 amide bonds. The van der Waals surface area contributed by atoms with Crippen LogP contribution in [0, 0.1) is 52.4 Å². The second kappa shape index (κ2) is 23.0. The maximum Gasteiger partial charge on any atom is 0.313 e. The first-order valence-corrected chi connectivity index (χ1v) is 25.7. The number of aromatic nitrogens is 4. The summed E-state index contributed by atoms with van der Waals surface area (Å²) in [6.45, 7) is 20.4. The van der Waals surface area contributed by atoms with E-state index in [1.807, 2.05) is 79.7 Å². The first-order valence-electron chi connectivity index (χ1n) is 24.6. The van der Waals surface area contributed by atoms with E-state index in [9.17, 15) is 24.0 Å². The molecule has 4 saturated heterocycles. The lowest BCUT2D eigenvalue weighted by Gasteiger charge is -2.32. The first kappa shape index (κ1) is 53.6. The number of ketones is 1. The third kappa shape index (κ3) is 13.6. The summed E-state index contributed by atoms with van der Waals surface area (Å²) >= 11 is 3.43. The van der Waals surface area contributed by atoms with Crippen molar-refractivity contribution < 1.29 is 28.7 Å². The molecule has 0 saturated carbocycles. The summed E-state index contributed by atoms with van der Waals surface area (Å²) in [4.78, 5) is 63.1. The minimum absolute atomic E-state index is 0.0980. The maximum atomic E-state index is 13.1. The van der Waals surface area contributed by atoms with Gasteiger partial charge in [0.25, 0.3) is 5.56 Å². The summed E-state index contributed by atoms with van der Waals surface area (Å²) in [6, 6.07) is 23.6. The number of carbonyl (C=O) groups is 4. The molecule has 0 radical (unpaired) electrons. The van der Waals surface area contributed by atoms with Gasteiger partial charge in [0.1, 0.15) is 13.0 Å². The van der Waals surface area contributed by atoms with Crippen LogP contribution in [0.5, 0.6) is 5.88 Å². The van der Waals surface area contributed by atoms with E-state index in [0.29, 0.717) is 48.1 Å². The topological polar surface area (TPSA) is 171 Å². The number of aryl methyl sites for hydroxylation is 6. The van der Waals surface area contributed by atoms with Crippen LogP contribution in [-0.4, -0.2) is 97.0 Å². The molecular formula is C56H73BrN6O7. The smallest absolute Gasteiger partial charge is 0.313 e. The van der Waals surface area contributed by atoms with Crippen molar-refractivity contribution in [1.29, 1.82) is 0 Å². The normalized spacial score (nSPS) is 18.8. The van der Waals surface area contributed by atoms with Gasteiger partial charge in [-0.15, -0.1) is 5.10 Å². The van der Waals surface area contributed by atoms with E-state index in [1.165, 1.54) is 55.0 Å². The predicted octanol–water partition coefficient (Wildman–Crippen LogP) is 10.8. The molecule has 14 heteroatoms. The molecule has 0 aliphatic carbocycles. The van der Waals surface area contributed by atoms with E-state index in [1.54, 1.807) is 18.2 Å². The third-order valence-corrected chi connectivity index (χ3v) is 15.1. The van der Waals surface area contributed by atoms with Gasteiger partial charge >= 0.3 is 5.97 Å². The van der Waals surface area contributed by atoms with E-state index in [0.717, 1.165) is 64.7 Å². The molecule has 9 rings (SSSR count). The van der Waals surface area contributed by atoms with Crippen LogP contribution in [0.4, 0.5) is 0 Å². The number of esters is 1. The number of ether oxygens (including phenoxy) is 2. The van der Waals surface area contributed by atoms with Crippen LogP contribution in [0.25, 0.3) is 22.5 Å². The number of aromatic amines is 3. The predicted molar refractivity (Wildman–Crippen MR) is 279 cm³/mol. The molecule has 4 aliphatic rings. The maximum absolute atomic E-state index is 13.1. The Labute approximate surface area is 422 Å². The molecular weight excluding hydrogens is 949 g/mol. The molecule has 13 nitrogen and oxygen atoms in total. The fourth-order valence-corrected chi connectivity index (χ4v) is 10.5. The Morgan fingerprint density at radius 2 is 1.01 bits per heavy atom. The number of fused-ring (bicyclic) bond motifs is 4. The summed E-state index contributed by atoms with van der Waals surface area (Å²) in [7, 11) is 1.27. The molecule has 2 aromatic heterocycles. The van der Waals surface area contributed by atoms with E-state index in [2.05, 4.69) is 89.0 Å². The van der Waals surface area contributed by atoms with Crippen LogP contribution < -0.4 is 10.3 Å². The number of rotatable bonds is 11. The second-order valence-electron chi connectivity index (χ2n) is 21.1. The Morgan fingerprint density at radius 1 is 0.600 bits per heavy atom. The van der Waals surface area contributed by atoms with Gasteiger partial charge in [-0.05, 0) is 143 Å². The number of halogens is 1. The molecule has 70 heavy (non-hydrogen) atoms. The van der Waals surface area contributed by atoms with Crippen molar-refractivity contribution in [2.24, 2.45) is 10.8 Å². The molecule has 0 unspecified atom stereocenters. The fraction of sp³-hybridized carbons (Fsp3) is 0.500. The summed E-state index contributed by atoms with van der Waals surface area (Å²) in [6.07, 6.45) is 9.36. The molecule has 4 aliphatic heterocycles. The summed E-state index contributed by atoms with van der Waals surface area (Å²) < 4.78 is 10.4. The highest BCUT2D eigenvalue weighted by Gasteiger charge is 2.47. The highest BCUT2D eigenvalue weighted by atomic mass is 79.9. The number of benzene rings is 3. The molecule has 5 aromatic rings. The standard InChI is InChI=1S/C22H29N3O2.C12H14O3.C11H18BrNO.C11H12N2O/c1-14-9-15(2)11-16(10-14)19-12-20(24-23-19)27-13-22(3,4)21(26)25-17-5-6-18(25)8-7-17;1-8-4-9(2)6-10(5-8)11(13)7-12(14)15-3;1-11(2,7-12)10(14)13-8-3-4-9(13)6-5-8;1-7-3-8(2)5-9(4-7)10-6-11(14)13-12-10/h9-12,17-18H,5-8,13H2,1-4H3,(H,23,24);4-6H,7H2,1-3H3;8-9H,3-7H2,1-2H3;3-6H,1-2H3,(H2,12,13,14). The minimum atomic E-state index is -0.551. The number of hydrogen-bond acceptors (Lipinski definition) is 8. The van der Waals surface area contributed by atoms with Crippen LogP contribution in [0.15, 0.2) is 71.5 Å². The average Bonchev–Trinajstić information content (AvgIpc) is 4.19. The zero-order valence-electron chi connectivity index (χ0n) is 43.0. The number of nitrogens with one attached hydrogen (secondary N) is 3. The van der Waals surface area contributed by atoms with Crippen LogP contribution in [0.2, 0.25) is 0 Å². The SMILES string of the molecule is CC(C)(CBr)C(=O)N1C2CCC1CC2.COC(=O)CC(=O)c1cc(C)cc(C)c1.Cc1cc(C)cc(-c2cc(=O)[nH][nH]2)c1.Cc1cc(C)cc(-c2cc(OCC(C)(C)C(=O)N3C4CCC3CC4)n[nH]2)c1. The molecule has 3 N–H and O–H groups in total. The van der Waals surface area contributed by atoms with Gasteiger partial charge in [-0.25, -0.2) is 0 Å². The largest absolute Gasteiger partial charge is 0.475 e. The van der Waals surface area contributed by atoms with Crippen molar-refractivity contribution in [1.82, 2.24) is 30.2 Å². The number of alkyl halides is 1. The number of methoxy groups -OCH3 is 1.